The molecule has 7 nitrogen and oxygen atoms in total. The van der Waals surface area contributed by atoms with Crippen molar-refractivity contribution in [1.82, 2.24) is 9.88 Å². The van der Waals surface area contributed by atoms with Crippen molar-refractivity contribution in [3.63, 3.8) is 0 Å². The molecule has 0 aromatic carbocycles. The zero-order valence-electron chi connectivity index (χ0n) is 14.4. The van der Waals surface area contributed by atoms with Crippen LogP contribution in [0, 0.1) is 0 Å². The summed E-state index contributed by atoms with van der Waals surface area (Å²) in [6, 6.07) is 2.25. The van der Waals surface area contributed by atoms with Gasteiger partial charge in [-0.15, -0.1) is 0 Å². The number of pyridine rings is 1. The lowest BCUT2D eigenvalue weighted by Crippen LogP contribution is -2.48. The molecule has 1 aromatic heterocycles. The van der Waals surface area contributed by atoms with Gasteiger partial charge in [0.1, 0.15) is 5.15 Å². The van der Waals surface area contributed by atoms with Crippen LogP contribution in [0.5, 0.6) is 0 Å². The van der Waals surface area contributed by atoms with E-state index in [9.17, 15) is 18.0 Å². The van der Waals surface area contributed by atoms with Crippen LogP contribution < -0.4 is 0 Å². The number of halogens is 2. The molecule has 0 saturated carbocycles. The van der Waals surface area contributed by atoms with Crippen LogP contribution in [0.25, 0.3) is 0 Å². The van der Waals surface area contributed by atoms with Gasteiger partial charge in [0.25, 0.3) is 5.91 Å². The third kappa shape index (κ3) is 5.08. The zero-order chi connectivity index (χ0) is 19.5. The Hall–Kier alpha value is -1.38. The number of aromatic nitrogens is 1. The molecule has 26 heavy (non-hydrogen) atoms. The molecule has 0 bridgehead atoms. The Bertz CT molecular complexity index is 800. The van der Waals surface area contributed by atoms with E-state index < -0.39 is 34.4 Å². The predicted molar refractivity (Wildman–Crippen MR) is 98.2 cm³/mol. The highest BCUT2D eigenvalue weighted by Crippen LogP contribution is 2.22. The maximum absolute atomic E-state index is 12.6. The van der Waals surface area contributed by atoms with Gasteiger partial charge in [-0.3, -0.25) is 4.79 Å². The highest BCUT2D eigenvalue weighted by Gasteiger charge is 2.36. The highest BCUT2D eigenvalue weighted by atomic mass is 35.5. The molecule has 10 heteroatoms. The van der Waals surface area contributed by atoms with Crippen LogP contribution in [-0.2, 0) is 19.4 Å². The molecule has 1 aromatic rings. The average molecular weight is 423 g/mol. The summed E-state index contributed by atoms with van der Waals surface area (Å²) in [5.74, 6) is -1.33. The number of amides is 1. The first-order valence-corrected chi connectivity index (χ1v) is 10.7. The Morgan fingerprint density at radius 1 is 1.38 bits per heavy atom. The van der Waals surface area contributed by atoms with Gasteiger partial charge < -0.3 is 9.64 Å². The van der Waals surface area contributed by atoms with Gasteiger partial charge in [0.15, 0.2) is 22.1 Å². The van der Waals surface area contributed by atoms with Crippen LogP contribution >= 0.6 is 23.2 Å². The summed E-state index contributed by atoms with van der Waals surface area (Å²) in [7, 11) is -3.14. The van der Waals surface area contributed by atoms with Crippen molar-refractivity contribution in [3.8, 4) is 0 Å². The lowest BCUT2D eigenvalue weighted by atomic mass is 10.1. The minimum atomic E-state index is -3.14. The van der Waals surface area contributed by atoms with E-state index in [4.69, 9.17) is 27.9 Å². The van der Waals surface area contributed by atoms with E-state index in [0.29, 0.717) is 12.8 Å². The lowest BCUT2D eigenvalue weighted by Gasteiger charge is -2.33. The van der Waals surface area contributed by atoms with Crippen molar-refractivity contribution < 1.29 is 22.7 Å². The van der Waals surface area contributed by atoms with Crippen molar-refractivity contribution >= 4 is 44.9 Å². The van der Waals surface area contributed by atoms with Gasteiger partial charge in [-0.05, 0) is 31.9 Å². The van der Waals surface area contributed by atoms with Gasteiger partial charge in [-0.2, -0.15) is 0 Å². The monoisotopic (exact) mass is 422 g/mol. The fraction of sp³-hybridized carbons (Fsp3) is 0.562. The van der Waals surface area contributed by atoms with E-state index in [0.717, 1.165) is 0 Å². The number of hydrogen-bond donors (Lipinski definition) is 0. The van der Waals surface area contributed by atoms with E-state index in [-0.39, 0.29) is 33.4 Å². The number of ether oxygens (including phenoxy) is 1. The predicted octanol–water partition coefficient (Wildman–Crippen LogP) is 2.36. The minimum absolute atomic E-state index is 0.0553. The second kappa shape index (κ2) is 8.54. The molecule has 2 rings (SSSR count). The molecule has 144 valence electrons. The second-order valence-electron chi connectivity index (χ2n) is 6.16. The molecule has 1 amide bonds. The summed E-state index contributed by atoms with van der Waals surface area (Å²) in [5, 5.41) is 0.137. The van der Waals surface area contributed by atoms with Crippen LogP contribution in [0.3, 0.4) is 0 Å². The molecule has 1 saturated heterocycles. The topological polar surface area (TPSA) is 93.6 Å². The van der Waals surface area contributed by atoms with Crippen LogP contribution in [0.1, 0.15) is 37.2 Å². The normalized spacial score (nSPS) is 19.8. The number of carbonyl (C=O) groups is 2. The van der Waals surface area contributed by atoms with Gasteiger partial charge in [0.2, 0.25) is 0 Å². The molecule has 1 aliphatic heterocycles. The van der Waals surface area contributed by atoms with Gasteiger partial charge in [-0.25, -0.2) is 18.2 Å². The van der Waals surface area contributed by atoms with Crippen LogP contribution in [-0.4, -0.2) is 60.4 Å². The van der Waals surface area contributed by atoms with Gasteiger partial charge in [0.05, 0.1) is 16.5 Å². The van der Waals surface area contributed by atoms with E-state index in [1.54, 1.807) is 0 Å². The second-order valence-corrected chi connectivity index (χ2v) is 9.18. The first-order valence-electron chi connectivity index (χ1n) is 8.15. The smallest absolute Gasteiger partial charge is 0.359 e. The quantitative estimate of drug-likeness (QED) is 0.515. The molecule has 0 spiro atoms. The lowest BCUT2D eigenvalue weighted by molar-refractivity contribution is -0.138. The van der Waals surface area contributed by atoms with E-state index in [1.165, 1.54) is 17.0 Å². The first-order chi connectivity index (χ1) is 12.1. The Labute approximate surface area is 162 Å². The van der Waals surface area contributed by atoms with Gasteiger partial charge in [0, 0.05) is 12.1 Å². The third-order valence-electron chi connectivity index (χ3n) is 4.29. The molecule has 1 fully saturated rings. The maximum atomic E-state index is 12.6. The summed E-state index contributed by atoms with van der Waals surface area (Å²) in [5.41, 5.74) is -0.175. The fourth-order valence-electron chi connectivity index (χ4n) is 2.83. The molecular weight excluding hydrogens is 403 g/mol. The zero-order valence-corrected chi connectivity index (χ0v) is 16.8. The summed E-state index contributed by atoms with van der Waals surface area (Å²) < 4.78 is 28.5. The van der Waals surface area contributed by atoms with Crippen molar-refractivity contribution in [2.24, 2.45) is 0 Å². The van der Waals surface area contributed by atoms with Crippen molar-refractivity contribution in [3.05, 3.63) is 28.0 Å². The van der Waals surface area contributed by atoms with E-state index >= 15 is 0 Å². The number of esters is 1. The molecule has 1 aliphatic rings. The Morgan fingerprint density at radius 2 is 2.08 bits per heavy atom. The SMILES string of the molecule is CC[C@@H](C)N(C(=O)COC(=O)c1nc(Cl)ccc1Cl)[C@@H]1CCS(=O)(=O)C1. The highest BCUT2D eigenvalue weighted by molar-refractivity contribution is 7.91. The van der Waals surface area contributed by atoms with Crippen molar-refractivity contribution in [1.29, 1.82) is 0 Å². The molecule has 0 N–H and O–H groups in total. The Morgan fingerprint density at radius 3 is 2.65 bits per heavy atom. The van der Waals surface area contributed by atoms with Crippen molar-refractivity contribution in [2.45, 2.75) is 38.8 Å². The van der Waals surface area contributed by atoms with Crippen LogP contribution in [0.4, 0.5) is 0 Å². The molecule has 2 atom stereocenters. The van der Waals surface area contributed by atoms with Crippen LogP contribution in [0.2, 0.25) is 10.2 Å². The molecule has 0 radical (unpaired) electrons. The molecule has 0 aliphatic carbocycles. The number of nitrogens with zero attached hydrogens (tertiary/aromatic N) is 2. The molecular formula is C16H20Cl2N2O5S. The summed E-state index contributed by atoms with van der Waals surface area (Å²) in [6.45, 7) is 3.21. The van der Waals surface area contributed by atoms with E-state index in [2.05, 4.69) is 4.98 Å². The Kier molecular flexibility index (Phi) is 6.87. The number of rotatable bonds is 6. The molecule has 0 unspecified atom stereocenters. The standard InChI is InChI=1S/C16H20Cl2N2O5S/c1-3-10(2)20(11-6-7-26(23,24)9-11)14(21)8-25-16(22)15-12(17)4-5-13(18)19-15/h4-5,10-11H,3,6-9H2,1-2H3/t10-,11-/m1/s1. The average Bonchev–Trinajstić information content (AvgIpc) is 2.94. The fourth-order valence-corrected chi connectivity index (χ4v) is 4.87. The van der Waals surface area contributed by atoms with Crippen LogP contribution in [0.15, 0.2) is 12.1 Å². The van der Waals surface area contributed by atoms with Gasteiger partial charge in [-0.1, -0.05) is 30.1 Å². The summed E-state index contributed by atoms with van der Waals surface area (Å²) in [6.07, 6.45) is 1.03. The molecule has 2 heterocycles. The summed E-state index contributed by atoms with van der Waals surface area (Å²) >= 11 is 11.6. The first kappa shape index (κ1) is 20.9. The largest absolute Gasteiger partial charge is 0.451 e. The number of carbonyl (C=O) groups excluding carboxylic acids is 2. The maximum Gasteiger partial charge on any atom is 0.359 e. The minimum Gasteiger partial charge on any atom is -0.451 e. The number of hydrogen-bond acceptors (Lipinski definition) is 6. The van der Waals surface area contributed by atoms with E-state index in [1.807, 2.05) is 13.8 Å². The Balaban J connectivity index is 2.07. The summed E-state index contributed by atoms with van der Waals surface area (Å²) in [4.78, 5) is 30.0. The third-order valence-corrected chi connectivity index (χ3v) is 6.55. The van der Waals surface area contributed by atoms with Gasteiger partial charge >= 0.3 is 5.97 Å². The van der Waals surface area contributed by atoms with Crippen molar-refractivity contribution in [2.75, 3.05) is 18.1 Å². The number of sulfone groups is 1.